The monoisotopic (exact) mass is 1710 g/mol. The zero-order chi connectivity index (χ0) is 90.5. The van der Waals surface area contributed by atoms with Crippen molar-refractivity contribution in [3.8, 4) is 56.3 Å². The fourth-order valence-electron chi connectivity index (χ4n) is 16.4. The number of aryl methyl sites for hydroxylation is 2. The van der Waals surface area contributed by atoms with E-state index in [1.807, 2.05) is 160 Å². The van der Waals surface area contributed by atoms with Crippen LogP contribution in [-0.4, -0.2) is 164 Å². The molecule has 4 fully saturated rings. The standard InChI is InChI=1S/C22H20N2O3.C20H27N3O3.C19H23N3O3.C19H20N2O3.C19H22N2O3/c1-2-14-11-19(22(26)27)21(25)23-20(14)15-7-9-18(10-8-15)24-12-16-5-3-4-6-17(16)13-24;1-13(2)16-12-17(20(25)26)19(24)21-18(16)14-6-8-15(9-7-14)23(5)11-10-22(3)4;1-3-12-10-15(18(24)25)17(23)21-16(12)13-4-6-14(7-5-13)22-9-8-19(2,20)11-22;22-18-16(19(23)24)11-15(12-3-4-12)17(20-18)13-5-7-14(8-6-13)21-9-1-2-10-21;1-12(2)15-11-16(19(23)24)18(22)20-17(15)13-5-7-14(8-6-13)21-9-3-4-10-21/h3-11H,2,12-13H2,1H3,(H,23,25)(H,26,27);6-9,12-13H,10-11H2,1-5H3,(H,21,24)(H,25,26);4-7,10H,3,8-9,11,20H2,1-2H3,(H,21,23)(H,24,25);5-8,11-12H,1-4,9-10H2,(H,20,22)(H,23,24);5-8,11-12H,3-4,9-10H2,1-2H3,(H,20,22)(H,23,24). The molecule has 5 aromatic heterocycles. The molecule has 4 aliphatic heterocycles. The molecule has 5 aliphatic rings. The highest BCUT2D eigenvalue weighted by Crippen LogP contribution is 2.44. The van der Waals surface area contributed by atoms with Gasteiger partial charge in [-0.25, -0.2) is 24.0 Å². The summed E-state index contributed by atoms with van der Waals surface area (Å²) in [6.07, 6.45) is 9.23. The Bertz CT molecular complexity index is 5940. The van der Waals surface area contributed by atoms with Crippen LogP contribution in [0.15, 0.2) is 200 Å². The van der Waals surface area contributed by atoms with Gasteiger partial charge in [-0.2, -0.15) is 0 Å². The van der Waals surface area contributed by atoms with Crippen LogP contribution in [0.25, 0.3) is 56.3 Å². The lowest BCUT2D eigenvalue weighted by Gasteiger charge is -2.22. The molecule has 0 radical (unpaired) electrons. The van der Waals surface area contributed by atoms with Crippen LogP contribution >= 0.6 is 0 Å². The first-order valence-electron chi connectivity index (χ1n) is 42.9. The van der Waals surface area contributed by atoms with E-state index in [-0.39, 0.29) is 45.2 Å². The maximum absolute atomic E-state index is 12.1. The first kappa shape index (κ1) is 91.5. The van der Waals surface area contributed by atoms with Crippen molar-refractivity contribution in [3.63, 3.8) is 0 Å². The van der Waals surface area contributed by atoms with Crippen molar-refractivity contribution in [2.24, 2.45) is 5.73 Å². The molecule has 27 heteroatoms. The van der Waals surface area contributed by atoms with E-state index in [4.69, 9.17) is 21.1 Å². The van der Waals surface area contributed by atoms with Crippen LogP contribution in [0.3, 0.4) is 0 Å². The smallest absolute Gasteiger partial charge is 0.341 e. The summed E-state index contributed by atoms with van der Waals surface area (Å²) in [7, 11) is 6.13. The molecular weight excluding hydrogens is 1600 g/mol. The fourth-order valence-corrected chi connectivity index (χ4v) is 16.4. The highest BCUT2D eigenvalue weighted by Gasteiger charge is 2.32. The van der Waals surface area contributed by atoms with Gasteiger partial charge in [-0.15, -0.1) is 0 Å². The topological polar surface area (TPSA) is 396 Å². The molecule has 11 aromatic rings. The third-order valence-electron chi connectivity index (χ3n) is 23.8. The van der Waals surface area contributed by atoms with Crippen molar-refractivity contribution >= 4 is 58.3 Å². The number of nitrogens with two attached hydrogens (primary N) is 1. The molecule has 9 heterocycles. The third kappa shape index (κ3) is 22.1. The first-order valence-corrected chi connectivity index (χ1v) is 42.9. The number of H-pyrrole nitrogens is 5. The van der Waals surface area contributed by atoms with Crippen LogP contribution < -0.4 is 58.0 Å². The summed E-state index contributed by atoms with van der Waals surface area (Å²) >= 11 is 0. The maximum atomic E-state index is 12.1. The van der Waals surface area contributed by atoms with Gasteiger partial charge in [-0.05, 0) is 254 Å². The van der Waals surface area contributed by atoms with Crippen LogP contribution in [0.4, 0.5) is 28.4 Å². The molecule has 3 saturated heterocycles. The number of rotatable bonds is 23. The Morgan fingerprint density at radius 1 is 0.413 bits per heavy atom. The lowest BCUT2D eigenvalue weighted by Crippen LogP contribution is -2.39. The van der Waals surface area contributed by atoms with Gasteiger partial charge in [0, 0.05) is 106 Å². The maximum Gasteiger partial charge on any atom is 0.341 e. The van der Waals surface area contributed by atoms with Crippen molar-refractivity contribution < 1.29 is 49.5 Å². The van der Waals surface area contributed by atoms with Crippen molar-refractivity contribution in [1.82, 2.24) is 29.8 Å². The number of likely N-dealkylation sites (N-methyl/N-ethyl adjacent to an activating group) is 2. The zero-order valence-electron chi connectivity index (χ0n) is 73.0. The fraction of sp³-hybridized carbons (Fsp3) is 0.333. The van der Waals surface area contributed by atoms with E-state index in [0.717, 1.165) is 163 Å². The molecule has 1 saturated carbocycles. The number of aromatic nitrogens is 5. The second-order valence-electron chi connectivity index (χ2n) is 34.0. The number of hydrogen-bond acceptors (Lipinski definition) is 17. The number of nitrogens with zero attached hydrogens (tertiary/aromatic N) is 6. The van der Waals surface area contributed by atoms with Gasteiger partial charge in [0.2, 0.25) is 0 Å². The molecule has 0 amide bonds. The predicted molar refractivity (Wildman–Crippen MR) is 497 cm³/mol. The molecule has 658 valence electrons. The largest absolute Gasteiger partial charge is 0.477 e. The van der Waals surface area contributed by atoms with Gasteiger partial charge in [0.05, 0.1) is 28.5 Å². The summed E-state index contributed by atoms with van der Waals surface area (Å²) < 4.78 is 0. The third-order valence-corrected chi connectivity index (χ3v) is 23.8. The number of benzene rings is 6. The lowest BCUT2D eigenvalue weighted by molar-refractivity contribution is 0.0684. The van der Waals surface area contributed by atoms with E-state index in [9.17, 15) is 58.2 Å². The molecule has 6 aromatic carbocycles. The van der Waals surface area contributed by atoms with Crippen LogP contribution in [0.2, 0.25) is 0 Å². The number of nitrogens with one attached hydrogen (secondary N) is 5. The number of carbonyl (C=O) groups is 5. The van der Waals surface area contributed by atoms with Gasteiger partial charge in [0.25, 0.3) is 27.8 Å². The number of carboxylic acids is 5. The number of hydrogen-bond donors (Lipinski definition) is 11. The minimum absolute atomic E-state index is 0.0855. The number of aromatic carboxylic acids is 5. The zero-order valence-corrected chi connectivity index (χ0v) is 73.0. The highest BCUT2D eigenvalue weighted by molar-refractivity contribution is 5.91. The summed E-state index contributed by atoms with van der Waals surface area (Å²) in [5.41, 5.74) is 22.7. The number of pyridine rings is 5. The highest BCUT2D eigenvalue weighted by atomic mass is 16.4. The Morgan fingerprint density at radius 2 is 0.730 bits per heavy atom. The first-order chi connectivity index (χ1) is 60.2. The molecule has 126 heavy (non-hydrogen) atoms. The Balaban J connectivity index is 0.000000143. The Kier molecular flexibility index (Phi) is 29.3. The van der Waals surface area contributed by atoms with Crippen molar-refractivity contribution in [1.29, 1.82) is 0 Å². The summed E-state index contributed by atoms with van der Waals surface area (Å²) in [6, 6.07) is 56.1. The van der Waals surface area contributed by atoms with Gasteiger partial charge in [-0.1, -0.05) is 126 Å². The lowest BCUT2D eigenvalue weighted by atomic mass is 9.95. The predicted octanol–water partition coefficient (Wildman–Crippen LogP) is 15.6. The summed E-state index contributed by atoms with van der Waals surface area (Å²) in [4.78, 5) is 144. The molecule has 1 atom stereocenters. The normalized spacial score (nSPS) is 15.1. The number of anilines is 5. The van der Waals surface area contributed by atoms with Gasteiger partial charge in [0.15, 0.2) is 0 Å². The van der Waals surface area contributed by atoms with E-state index >= 15 is 0 Å². The molecule has 0 spiro atoms. The Hall–Kier alpha value is -13.7. The molecule has 1 unspecified atom stereocenters. The van der Waals surface area contributed by atoms with Crippen LogP contribution in [0.1, 0.15) is 202 Å². The minimum Gasteiger partial charge on any atom is -0.477 e. The average Bonchev–Trinajstić information content (AvgIpc) is 1.32. The van der Waals surface area contributed by atoms with Crippen LogP contribution in [-0.2, 0) is 25.9 Å². The average molecular weight is 1710 g/mol. The van der Waals surface area contributed by atoms with Crippen LogP contribution in [0.5, 0.6) is 0 Å². The van der Waals surface area contributed by atoms with E-state index in [0.29, 0.717) is 41.5 Å². The Labute approximate surface area is 730 Å². The number of fused-ring (bicyclic) bond motifs is 1. The molecular formula is C99H112N12O15. The summed E-state index contributed by atoms with van der Waals surface area (Å²) in [5.74, 6) is -5.46. The minimum atomic E-state index is -1.21. The number of carboxylic acid groups (broad SMARTS) is 5. The van der Waals surface area contributed by atoms with E-state index in [2.05, 4.69) is 110 Å². The van der Waals surface area contributed by atoms with Gasteiger partial charge in [-0.3, -0.25) is 24.0 Å². The molecule has 16 rings (SSSR count). The second kappa shape index (κ2) is 40.3. The van der Waals surface area contributed by atoms with Gasteiger partial charge >= 0.3 is 29.8 Å². The van der Waals surface area contributed by atoms with Crippen molar-refractivity contribution in [2.45, 2.75) is 143 Å². The molecule has 0 bridgehead atoms. The van der Waals surface area contributed by atoms with Gasteiger partial charge in [0.1, 0.15) is 27.8 Å². The quantitative estimate of drug-likeness (QED) is 0.0283. The van der Waals surface area contributed by atoms with Crippen molar-refractivity contribution in [2.75, 3.05) is 98.0 Å². The summed E-state index contributed by atoms with van der Waals surface area (Å²) in [5, 5.41) is 45.8. The van der Waals surface area contributed by atoms with E-state index in [1.165, 1.54) is 72.5 Å². The molecule has 12 N–H and O–H groups in total. The van der Waals surface area contributed by atoms with Gasteiger partial charge < -0.3 is 85.6 Å². The Morgan fingerprint density at radius 3 is 1.06 bits per heavy atom. The number of aromatic amines is 5. The molecule has 1 aliphatic carbocycles. The van der Waals surface area contributed by atoms with Crippen molar-refractivity contribution in [3.05, 3.63) is 294 Å². The molecule has 27 nitrogen and oxygen atoms in total. The summed E-state index contributed by atoms with van der Waals surface area (Å²) in [6.45, 7) is 23.6. The SMILES string of the molecule is CC(C)c1cc(C(=O)O)c(=O)[nH]c1-c1ccc(N(C)CCN(C)C)cc1.CC(C)c1cc(C(=O)O)c(=O)[nH]c1-c1ccc(N2CCCC2)cc1.CCc1cc(C(=O)O)c(=O)[nH]c1-c1ccc(N2CCC(C)(N)C2)cc1.CCc1cc(C(=O)O)c(=O)[nH]c1-c1ccc(N2Cc3ccccc3C2)cc1.O=C(O)c1cc(C2CC2)c(-c2ccc(N3CCCC3)cc2)[nH]c1=O. The van der Waals surface area contributed by atoms with E-state index < -0.39 is 57.6 Å². The van der Waals surface area contributed by atoms with E-state index in [1.54, 1.807) is 6.07 Å². The van der Waals surface area contributed by atoms with Crippen LogP contribution in [0, 0.1) is 0 Å². The second-order valence-corrected chi connectivity index (χ2v) is 34.0.